The van der Waals surface area contributed by atoms with Crippen molar-refractivity contribution in [3.63, 3.8) is 0 Å². The van der Waals surface area contributed by atoms with Gasteiger partial charge in [0.2, 0.25) is 17.7 Å². The van der Waals surface area contributed by atoms with Crippen LogP contribution < -0.4 is 16.0 Å². The molecular formula is C18H38N4O3S2. The molecule has 0 bridgehead atoms. The van der Waals surface area contributed by atoms with Crippen molar-refractivity contribution in [1.82, 2.24) is 20.9 Å². The van der Waals surface area contributed by atoms with E-state index >= 15 is 0 Å². The smallest absolute Gasteiger partial charge is 0.243 e. The lowest BCUT2D eigenvalue weighted by Crippen LogP contribution is -2.50. The average Bonchev–Trinajstić information content (AvgIpc) is 2.64. The summed E-state index contributed by atoms with van der Waals surface area (Å²) in [5.41, 5.74) is 0. The first-order chi connectivity index (χ1) is 12.5. The number of carbonyl (C=O) groups excluding carboxylic acids is 3. The SMILES string of the molecule is C.CNCCCNC(=O)[C@H](CC(=O)NC)N(C)C(=O)CCCCCSSC. The van der Waals surface area contributed by atoms with E-state index in [1.54, 1.807) is 17.8 Å². The molecule has 0 spiro atoms. The number of carbonyl (C=O) groups is 3. The Morgan fingerprint density at radius 3 is 2.33 bits per heavy atom. The molecule has 0 fully saturated rings. The van der Waals surface area contributed by atoms with Gasteiger partial charge in [0.05, 0.1) is 6.42 Å². The predicted molar refractivity (Wildman–Crippen MR) is 118 cm³/mol. The van der Waals surface area contributed by atoms with Gasteiger partial charge < -0.3 is 20.9 Å². The Bertz CT molecular complexity index is 425. The van der Waals surface area contributed by atoms with Gasteiger partial charge in [-0.25, -0.2) is 0 Å². The Hall–Kier alpha value is -0.930. The zero-order valence-electron chi connectivity index (χ0n) is 16.4. The summed E-state index contributed by atoms with van der Waals surface area (Å²) in [7, 11) is 8.55. The van der Waals surface area contributed by atoms with Gasteiger partial charge in [-0.2, -0.15) is 0 Å². The molecule has 0 rings (SSSR count). The Morgan fingerprint density at radius 1 is 1.04 bits per heavy atom. The minimum Gasteiger partial charge on any atom is -0.359 e. The summed E-state index contributed by atoms with van der Waals surface area (Å²) in [6.07, 6.45) is 6.09. The maximum atomic E-state index is 12.4. The molecule has 3 N–H and O–H groups in total. The van der Waals surface area contributed by atoms with Crippen LogP contribution in [0.3, 0.4) is 0 Å². The van der Waals surface area contributed by atoms with Crippen LogP contribution in [0.25, 0.3) is 0 Å². The monoisotopic (exact) mass is 422 g/mol. The van der Waals surface area contributed by atoms with E-state index in [0.717, 1.165) is 38.0 Å². The Balaban J connectivity index is 0. The van der Waals surface area contributed by atoms with Gasteiger partial charge in [-0.1, -0.05) is 35.4 Å². The van der Waals surface area contributed by atoms with E-state index in [4.69, 9.17) is 0 Å². The van der Waals surface area contributed by atoms with Crippen LogP contribution >= 0.6 is 21.6 Å². The molecule has 27 heavy (non-hydrogen) atoms. The molecule has 0 aliphatic carbocycles. The van der Waals surface area contributed by atoms with Crippen LogP contribution in [0.1, 0.15) is 46.0 Å². The van der Waals surface area contributed by atoms with Crippen LogP contribution in [0, 0.1) is 0 Å². The van der Waals surface area contributed by atoms with Crippen LogP contribution in [0.2, 0.25) is 0 Å². The highest BCUT2D eigenvalue weighted by atomic mass is 33.1. The first-order valence-corrected chi connectivity index (χ1v) is 11.7. The van der Waals surface area contributed by atoms with E-state index in [9.17, 15) is 14.4 Å². The second kappa shape index (κ2) is 18.4. The molecule has 0 aliphatic heterocycles. The van der Waals surface area contributed by atoms with E-state index in [1.807, 2.05) is 17.8 Å². The fourth-order valence-electron chi connectivity index (χ4n) is 2.33. The minimum absolute atomic E-state index is 0. The molecule has 9 heteroatoms. The fourth-order valence-corrected chi connectivity index (χ4v) is 3.67. The Morgan fingerprint density at radius 2 is 1.74 bits per heavy atom. The number of likely N-dealkylation sites (N-methyl/N-ethyl adjacent to an activating group) is 1. The maximum absolute atomic E-state index is 12.4. The van der Waals surface area contributed by atoms with Gasteiger partial charge in [-0.3, -0.25) is 14.4 Å². The summed E-state index contributed by atoms with van der Waals surface area (Å²) in [6.45, 7) is 1.31. The number of nitrogens with one attached hydrogen (secondary N) is 3. The van der Waals surface area contributed by atoms with E-state index in [0.29, 0.717) is 13.0 Å². The molecule has 0 saturated carbocycles. The van der Waals surface area contributed by atoms with Crippen LogP contribution in [0.15, 0.2) is 0 Å². The minimum atomic E-state index is -0.774. The molecule has 0 aromatic rings. The number of rotatable bonds is 15. The van der Waals surface area contributed by atoms with E-state index in [2.05, 4.69) is 22.2 Å². The maximum Gasteiger partial charge on any atom is 0.243 e. The molecule has 0 aromatic carbocycles. The van der Waals surface area contributed by atoms with Crippen molar-refractivity contribution in [2.45, 2.75) is 52.0 Å². The van der Waals surface area contributed by atoms with E-state index in [-0.39, 0.29) is 31.6 Å². The summed E-state index contributed by atoms with van der Waals surface area (Å²) in [4.78, 5) is 38.0. The predicted octanol–water partition coefficient (Wildman–Crippen LogP) is 1.88. The molecule has 0 aliphatic rings. The number of hydrogen-bond acceptors (Lipinski definition) is 6. The third-order valence-corrected chi connectivity index (χ3v) is 5.86. The normalized spacial score (nSPS) is 11.3. The first-order valence-electron chi connectivity index (χ1n) is 9.02. The van der Waals surface area contributed by atoms with Gasteiger partial charge in [0.25, 0.3) is 0 Å². The standard InChI is InChI=1S/C17H34N4O3S2.CH4/c1-18-10-8-11-20-17(24)14(13-15(22)19-2)21(3)16(23)9-6-5-7-12-26-25-4;/h14,18H,5-13H2,1-4H3,(H,19,22)(H,20,24);1H4/t14-;/m0./s1. The van der Waals surface area contributed by atoms with Crippen molar-refractivity contribution in [2.75, 3.05) is 46.2 Å². The highest BCUT2D eigenvalue weighted by Crippen LogP contribution is 2.19. The summed E-state index contributed by atoms with van der Waals surface area (Å²) >= 11 is 0. The molecule has 3 amide bonds. The lowest BCUT2D eigenvalue weighted by atomic mass is 10.1. The van der Waals surface area contributed by atoms with Crippen LogP contribution in [-0.4, -0.2) is 74.9 Å². The summed E-state index contributed by atoms with van der Waals surface area (Å²) < 4.78 is 0. The van der Waals surface area contributed by atoms with E-state index < -0.39 is 6.04 Å². The van der Waals surface area contributed by atoms with Gasteiger partial charge in [0.1, 0.15) is 6.04 Å². The molecule has 0 heterocycles. The zero-order chi connectivity index (χ0) is 19.8. The van der Waals surface area contributed by atoms with Crippen LogP contribution in [-0.2, 0) is 14.4 Å². The second-order valence-electron chi connectivity index (χ2n) is 5.95. The Labute approximate surface area is 172 Å². The van der Waals surface area contributed by atoms with Gasteiger partial charge in [-0.05, 0) is 39.1 Å². The summed E-state index contributed by atoms with van der Waals surface area (Å²) in [5, 5.41) is 8.35. The molecule has 0 radical (unpaired) electrons. The highest BCUT2D eigenvalue weighted by Gasteiger charge is 2.28. The van der Waals surface area contributed by atoms with Gasteiger partial charge in [0.15, 0.2) is 0 Å². The van der Waals surface area contributed by atoms with Crippen LogP contribution in [0.5, 0.6) is 0 Å². The van der Waals surface area contributed by atoms with Crippen molar-refractivity contribution in [3.8, 4) is 0 Å². The van der Waals surface area contributed by atoms with Gasteiger partial charge >= 0.3 is 0 Å². The third kappa shape index (κ3) is 13.8. The number of hydrogen-bond donors (Lipinski definition) is 3. The number of amides is 3. The lowest BCUT2D eigenvalue weighted by molar-refractivity contribution is -0.141. The third-order valence-electron chi connectivity index (χ3n) is 3.96. The quantitative estimate of drug-likeness (QED) is 0.276. The fraction of sp³-hybridized carbons (Fsp3) is 0.833. The molecule has 7 nitrogen and oxygen atoms in total. The zero-order valence-corrected chi connectivity index (χ0v) is 18.1. The molecule has 1 atom stereocenters. The molecule has 0 saturated heterocycles. The summed E-state index contributed by atoms with van der Waals surface area (Å²) in [5.74, 6) is 0.451. The van der Waals surface area contributed by atoms with Crippen molar-refractivity contribution in [3.05, 3.63) is 0 Å². The number of unbranched alkanes of at least 4 members (excludes halogenated alkanes) is 2. The largest absolute Gasteiger partial charge is 0.359 e. The van der Waals surface area contributed by atoms with Crippen molar-refractivity contribution in [1.29, 1.82) is 0 Å². The Kier molecular flexibility index (Phi) is 19.3. The van der Waals surface area contributed by atoms with Gasteiger partial charge in [0, 0.05) is 32.8 Å². The van der Waals surface area contributed by atoms with E-state index in [1.165, 1.54) is 11.9 Å². The summed E-state index contributed by atoms with van der Waals surface area (Å²) in [6, 6.07) is -0.774. The topological polar surface area (TPSA) is 90.5 Å². The van der Waals surface area contributed by atoms with Crippen LogP contribution in [0.4, 0.5) is 0 Å². The molecule has 0 unspecified atom stereocenters. The lowest BCUT2D eigenvalue weighted by Gasteiger charge is -2.27. The first kappa shape index (κ1) is 28.3. The molecular weight excluding hydrogens is 384 g/mol. The van der Waals surface area contributed by atoms with Crippen molar-refractivity contribution >= 4 is 39.3 Å². The second-order valence-corrected chi connectivity index (χ2v) is 8.63. The van der Waals surface area contributed by atoms with Gasteiger partial charge in [-0.15, -0.1) is 0 Å². The van der Waals surface area contributed by atoms with Crippen molar-refractivity contribution in [2.24, 2.45) is 0 Å². The van der Waals surface area contributed by atoms with Crippen molar-refractivity contribution < 1.29 is 14.4 Å². The molecule has 0 aromatic heterocycles. The number of nitrogens with zero attached hydrogens (tertiary/aromatic N) is 1. The average molecular weight is 423 g/mol. The highest BCUT2D eigenvalue weighted by molar-refractivity contribution is 8.76. The molecule has 160 valence electrons.